The average Bonchev–Trinajstić information content (AvgIpc) is 3.20. The van der Waals surface area contributed by atoms with Gasteiger partial charge < -0.3 is 11.1 Å². The number of aromatic nitrogens is 2. The van der Waals surface area contributed by atoms with Gasteiger partial charge in [0.1, 0.15) is 6.04 Å². The number of anilines is 1. The van der Waals surface area contributed by atoms with E-state index in [4.69, 9.17) is 5.73 Å². The number of nitrogens with one attached hydrogen (secondary N) is 2. The fourth-order valence-electron chi connectivity index (χ4n) is 1.97. The number of H-pyrrole nitrogens is 1. The number of nitrogens with zero attached hydrogens (tertiary/aromatic N) is 1. The summed E-state index contributed by atoms with van der Waals surface area (Å²) in [7, 11) is 0. The van der Waals surface area contributed by atoms with E-state index >= 15 is 0 Å². The van der Waals surface area contributed by atoms with Crippen LogP contribution in [-0.2, 0) is 4.79 Å². The van der Waals surface area contributed by atoms with Crippen molar-refractivity contribution >= 4 is 22.9 Å². The molecule has 6 heteroatoms. The Morgan fingerprint density at radius 2 is 2.05 bits per heavy atom. The van der Waals surface area contributed by atoms with Crippen molar-refractivity contribution in [2.75, 3.05) is 5.32 Å². The number of benzene rings is 1. The van der Waals surface area contributed by atoms with Crippen molar-refractivity contribution < 1.29 is 4.79 Å². The zero-order valence-electron chi connectivity index (χ0n) is 11.1. The van der Waals surface area contributed by atoms with E-state index in [0.717, 1.165) is 21.8 Å². The van der Waals surface area contributed by atoms with Gasteiger partial charge in [-0.05, 0) is 35.2 Å². The van der Waals surface area contributed by atoms with E-state index < -0.39 is 6.04 Å². The molecule has 1 unspecified atom stereocenters. The minimum absolute atomic E-state index is 0.216. The molecule has 0 fully saturated rings. The molecule has 3 rings (SSSR count). The van der Waals surface area contributed by atoms with Gasteiger partial charge in [-0.15, -0.1) is 11.3 Å². The van der Waals surface area contributed by atoms with Gasteiger partial charge in [-0.25, -0.2) is 0 Å². The predicted molar refractivity (Wildman–Crippen MR) is 83.9 cm³/mol. The molecule has 0 saturated heterocycles. The molecule has 1 aromatic carbocycles. The maximum absolute atomic E-state index is 12.1. The highest BCUT2D eigenvalue weighted by Gasteiger charge is 2.16. The van der Waals surface area contributed by atoms with Crippen LogP contribution in [-0.4, -0.2) is 16.1 Å². The van der Waals surface area contributed by atoms with Crippen molar-refractivity contribution in [1.82, 2.24) is 10.2 Å². The fourth-order valence-corrected chi connectivity index (χ4v) is 2.69. The minimum atomic E-state index is -0.641. The summed E-state index contributed by atoms with van der Waals surface area (Å²) >= 11 is 1.47. The normalized spacial score (nSPS) is 12.0. The number of carbonyl (C=O) groups excluding carboxylic acids is 1. The third-order valence-electron chi connectivity index (χ3n) is 3.10. The van der Waals surface area contributed by atoms with Crippen LogP contribution in [0.1, 0.15) is 10.9 Å². The Kier molecular flexibility index (Phi) is 3.81. The summed E-state index contributed by atoms with van der Waals surface area (Å²) < 4.78 is 0. The van der Waals surface area contributed by atoms with Crippen molar-refractivity contribution in [3.8, 4) is 11.3 Å². The Balaban J connectivity index is 1.69. The minimum Gasteiger partial charge on any atom is -0.324 e. The molecule has 106 valence electrons. The molecule has 3 aromatic rings. The number of hydrogen-bond acceptors (Lipinski definition) is 4. The third-order valence-corrected chi connectivity index (χ3v) is 4.05. The van der Waals surface area contributed by atoms with Crippen LogP contribution in [0.2, 0.25) is 0 Å². The molecule has 2 heterocycles. The summed E-state index contributed by atoms with van der Waals surface area (Å²) in [6.45, 7) is 0. The van der Waals surface area contributed by atoms with Crippen molar-refractivity contribution in [3.63, 3.8) is 0 Å². The summed E-state index contributed by atoms with van der Waals surface area (Å²) in [5.74, 6) is -0.216. The van der Waals surface area contributed by atoms with E-state index in [9.17, 15) is 4.79 Å². The van der Waals surface area contributed by atoms with Gasteiger partial charge >= 0.3 is 0 Å². The van der Waals surface area contributed by atoms with E-state index in [2.05, 4.69) is 15.5 Å². The summed E-state index contributed by atoms with van der Waals surface area (Å²) in [5, 5.41) is 11.5. The van der Waals surface area contributed by atoms with Crippen LogP contribution in [0.25, 0.3) is 11.3 Å². The summed E-state index contributed by atoms with van der Waals surface area (Å²) in [6, 6.07) is 12.5. The molecular formula is C15H14N4OS. The zero-order chi connectivity index (χ0) is 14.7. The largest absolute Gasteiger partial charge is 0.324 e. The van der Waals surface area contributed by atoms with Gasteiger partial charge in [-0.2, -0.15) is 5.10 Å². The number of rotatable bonds is 4. The number of aromatic amines is 1. The van der Waals surface area contributed by atoms with Gasteiger partial charge in [0, 0.05) is 16.8 Å². The number of hydrogen-bond donors (Lipinski definition) is 3. The van der Waals surface area contributed by atoms with E-state index in [1.807, 2.05) is 47.8 Å². The van der Waals surface area contributed by atoms with Crippen LogP contribution in [0.15, 0.2) is 54.0 Å². The zero-order valence-corrected chi connectivity index (χ0v) is 11.9. The molecule has 0 aliphatic heterocycles. The quantitative estimate of drug-likeness (QED) is 0.692. The van der Waals surface area contributed by atoms with Crippen molar-refractivity contribution in [3.05, 3.63) is 58.9 Å². The molecule has 0 radical (unpaired) electrons. The second-order valence-corrected chi connectivity index (χ2v) is 5.51. The van der Waals surface area contributed by atoms with Gasteiger partial charge in [0.2, 0.25) is 5.91 Å². The fraction of sp³-hybridized carbons (Fsp3) is 0.0667. The molecule has 1 amide bonds. The molecule has 1 atom stereocenters. The van der Waals surface area contributed by atoms with E-state index in [1.165, 1.54) is 11.3 Å². The van der Waals surface area contributed by atoms with Crippen LogP contribution >= 0.6 is 11.3 Å². The second-order valence-electron chi connectivity index (χ2n) is 4.53. The van der Waals surface area contributed by atoms with Gasteiger partial charge in [0.25, 0.3) is 0 Å². The lowest BCUT2D eigenvalue weighted by atomic mass is 10.1. The number of nitrogens with two attached hydrogens (primary N) is 1. The molecule has 21 heavy (non-hydrogen) atoms. The van der Waals surface area contributed by atoms with Crippen LogP contribution in [0.4, 0.5) is 5.69 Å². The lowest BCUT2D eigenvalue weighted by Gasteiger charge is -2.11. The van der Waals surface area contributed by atoms with Crippen LogP contribution in [0.5, 0.6) is 0 Å². The van der Waals surface area contributed by atoms with Crippen molar-refractivity contribution in [2.24, 2.45) is 5.73 Å². The standard InChI is InChI=1S/C15H14N4OS/c16-14(13-2-1-9-21-13)15(20)18-11-5-3-10(4-6-11)12-7-8-17-19-12/h1-9,14H,16H2,(H,17,19)(H,18,20). The summed E-state index contributed by atoms with van der Waals surface area (Å²) in [6.07, 6.45) is 1.70. The molecule has 0 spiro atoms. The molecule has 0 saturated carbocycles. The third kappa shape index (κ3) is 3.01. The average molecular weight is 298 g/mol. The van der Waals surface area contributed by atoms with E-state index in [0.29, 0.717) is 0 Å². The summed E-state index contributed by atoms with van der Waals surface area (Å²) in [5.41, 5.74) is 8.58. The Morgan fingerprint density at radius 1 is 1.24 bits per heavy atom. The lowest BCUT2D eigenvalue weighted by Crippen LogP contribution is -2.26. The maximum Gasteiger partial charge on any atom is 0.246 e. The first kappa shape index (κ1) is 13.5. The van der Waals surface area contributed by atoms with Crippen LogP contribution < -0.4 is 11.1 Å². The Morgan fingerprint density at radius 3 is 2.67 bits per heavy atom. The van der Waals surface area contributed by atoms with Gasteiger partial charge in [-0.3, -0.25) is 9.89 Å². The van der Waals surface area contributed by atoms with Crippen molar-refractivity contribution in [2.45, 2.75) is 6.04 Å². The number of amides is 1. The predicted octanol–water partition coefficient (Wildman–Crippen LogP) is 2.78. The number of carbonyl (C=O) groups is 1. The van der Waals surface area contributed by atoms with Crippen molar-refractivity contribution in [1.29, 1.82) is 0 Å². The van der Waals surface area contributed by atoms with E-state index in [-0.39, 0.29) is 5.91 Å². The van der Waals surface area contributed by atoms with Crippen LogP contribution in [0, 0.1) is 0 Å². The number of thiophene rings is 1. The first-order valence-electron chi connectivity index (χ1n) is 6.44. The summed E-state index contributed by atoms with van der Waals surface area (Å²) in [4.78, 5) is 12.9. The first-order chi connectivity index (χ1) is 10.2. The highest BCUT2D eigenvalue weighted by Crippen LogP contribution is 2.21. The molecular weight excluding hydrogens is 284 g/mol. The highest BCUT2D eigenvalue weighted by atomic mass is 32.1. The molecule has 0 bridgehead atoms. The Hall–Kier alpha value is -2.44. The Labute approximate surface area is 125 Å². The highest BCUT2D eigenvalue weighted by molar-refractivity contribution is 7.10. The molecule has 0 aliphatic rings. The molecule has 2 aromatic heterocycles. The first-order valence-corrected chi connectivity index (χ1v) is 7.31. The second kappa shape index (κ2) is 5.90. The monoisotopic (exact) mass is 298 g/mol. The van der Waals surface area contributed by atoms with Gasteiger partial charge in [-0.1, -0.05) is 18.2 Å². The molecule has 4 N–H and O–H groups in total. The molecule has 0 aliphatic carbocycles. The van der Waals surface area contributed by atoms with E-state index in [1.54, 1.807) is 6.20 Å². The lowest BCUT2D eigenvalue weighted by molar-refractivity contribution is -0.117. The van der Waals surface area contributed by atoms with Gasteiger partial charge in [0.15, 0.2) is 0 Å². The molecule has 5 nitrogen and oxygen atoms in total. The van der Waals surface area contributed by atoms with Crippen LogP contribution in [0.3, 0.4) is 0 Å². The Bertz CT molecular complexity index is 705. The smallest absolute Gasteiger partial charge is 0.246 e. The topological polar surface area (TPSA) is 83.8 Å². The maximum atomic E-state index is 12.1. The SMILES string of the molecule is NC(C(=O)Nc1ccc(-c2ccn[nH]2)cc1)c1cccs1. The van der Waals surface area contributed by atoms with Gasteiger partial charge in [0.05, 0.1) is 5.69 Å².